The summed E-state index contributed by atoms with van der Waals surface area (Å²) in [6.45, 7) is 5.69. The Morgan fingerprint density at radius 2 is 1.88 bits per heavy atom. The van der Waals surface area contributed by atoms with Gasteiger partial charge in [-0.2, -0.15) is 0 Å². The number of rotatable bonds is 5. The third kappa shape index (κ3) is 2.99. The molecule has 0 heterocycles. The number of hydrogen-bond donors (Lipinski definition) is 2. The van der Waals surface area contributed by atoms with Crippen LogP contribution in [0.15, 0.2) is 0 Å². The van der Waals surface area contributed by atoms with Crippen molar-refractivity contribution < 1.29 is 14.7 Å². The molecule has 0 radical (unpaired) electrons. The largest absolute Gasteiger partial charge is 0.481 e. The zero-order valence-corrected chi connectivity index (χ0v) is 11.0. The van der Waals surface area contributed by atoms with Crippen LogP contribution in [0, 0.1) is 10.8 Å². The van der Waals surface area contributed by atoms with E-state index in [-0.39, 0.29) is 17.9 Å². The van der Waals surface area contributed by atoms with Gasteiger partial charge >= 0.3 is 5.97 Å². The molecule has 4 heteroatoms. The van der Waals surface area contributed by atoms with Crippen molar-refractivity contribution in [3.63, 3.8) is 0 Å². The summed E-state index contributed by atoms with van der Waals surface area (Å²) in [7, 11) is 0. The molecule has 0 aromatic heterocycles. The fraction of sp³-hybridized carbons (Fsp3) is 0.846. The molecule has 1 fully saturated rings. The molecule has 1 amide bonds. The Labute approximate surface area is 103 Å². The molecule has 0 aromatic rings. The highest BCUT2D eigenvalue weighted by Gasteiger charge is 2.38. The number of nitrogens with one attached hydrogen (secondary N) is 1. The molecule has 1 aliphatic carbocycles. The van der Waals surface area contributed by atoms with Crippen LogP contribution in [-0.4, -0.2) is 23.5 Å². The summed E-state index contributed by atoms with van der Waals surface area (Å²) in [6, 6.07) is 0. The van der Waals surface area contributed by atoms with Crippen molar-refractivity contribution in [3.05, 3.63) is 0 Å². The van der Waals surface area contributed by atoms with Gasteiger partial charge in [0.2, 0.25) is 5.91 Å². The van der Waals surface area contributed by atoms with Gasteiger partial charge in [0.05, 0.1) is 5.41 Å². The number of aliphatic carboxylic acids is 1. The van der Waals surface area contributed by atoms with Gasteiger partial charge in [0.1, 0.15) is 0 Å². The van der Waals surface area contributed by atoms with Gasteiger partial charge in [-0.05, 0) is 26.2 Å². The standard InChI is InChI=1S/C13H23NO3/c1-4-12(2,11(16)17)9-14-10(15)13(3)7-5-6-8-13/h4-9H2,1-3H3,(H,14,15)(H,16,17). The molecular formula is C13H23NO3. The van der Waals surface area contributed by atoms with Crippen LogP contribution in [-0.2, 0) is 9.59 Å². The highest BCUT2D eigenvalue weighted by atomic mass is 16.4. The molecule has 4 nitrogen and oxygen atoms in total. The quantitative estimate of drug-likeness (QED) is 0.775. The van der Waals surface area contributed by atoms with Gasteiger partial charge in [0.15, 0.2) is 0 Å². The van der Waals surface area contributed by atoms with E-state index in [2.05, 4.69) is 5.32 Å². The third-order valence-corrected chi connectivity index (χ3v) is 4.19. The Morgan fingerprint density at radius 1 is 1.35 bits per heavy atom. The van der Waals surface area contributed by atoms with E-state index in [1.807, 2.05) is 13.8 Å². The maximum absolute atomic E-state index is 12.0. The second kappa shape index (κ2) is 5.07. The zero-order valence-electron chi connectivity index (χ0n) is 11.0. The lowest BCUT2D eigenvalue weighted by Gasteiger charge is -2.27. The van der Waals surface area contributed by atoms with Gasteiger partial charge in [-0.1, -0.05) is 26.7 Å². The Kier molecular flexibility index (Phi) is 4.17. The fourth-order valence-corrected chi connectivity index (χ4v) is 2.22. The van der Waals surface area contributed by atoms with Crippen LogP contribution in [0.1, 0.15) is 52.9 Å². The van der Waals surface area contributed by atoms with E-state index in [9.17, 15) is 9.59 Å². The van der Waals surface area contributed by atoms with Crippen molar-refractivity contribution in [2.75, 3.05) is 6.54 Å². The maximum atomic E-state index is 12.0. The minimum atomic E-state index is -0.857. The normalized spacial score (nSPS) is 21.8. The Balaban J connectivity index is 2.55. The van der Waals surface area contributed by atoms with Gasteiger partial charge in [-0.25, -0.2) is 0 Å². The fourth-order valence-electron chi connectivity index (χ4n) is 2.22. The summed E-state index contributed by atoms with van der Waals surface area (Å²) < 4.78 is 0. The number of carboxylic acid groups (broad SMARTS) is 1. The summed E-state index contributed by atoms with van der Waals surface area (Å²) in [5.74, 6) is -0.840. The monoisotopic (exact) mass is 241 g/mol. The third-order valence-electron chi connectivity index (χ3n) is 4.19. The Hall–Kier alpha value is -1.06. The molecule has 1 unspecified atom stereocenters. The van der Waals surface area contributed by atoms with Crippen LogP contribution in [0.3, 0.4) is 0 Å². The number of hydrogen-bond acceptors (Lipinski definition) is 2. The van der Waals surface area contributed by atoms with Crippen molar-refractivity contribution in [2.45, 2.75) is 52.9 Å². The zero-order chi connectivity index (χ0) is 13.1. The molecule has 0 bridgehead atoms. The molecule has 1 atom stereocenters. The summed E-state index contributed by atoms with van der Waals surface area (Å²) in [4.78, 5) is 23.2. The molecule has 1 saturated carbocycles. The van der Waals surface area contributed by atoms with E-state index in [0.717, 1.165) is 25.7 Å². The average molecular weight is 241 g/mol. The highest BCUT2D eigenvalue weighted by Crippen LogP contribution is 2.37. The lowest BCUT2D eigenvalue weighted by molar-refractivity contribution is -0.148. The lowest BCUT2D eigenvalue weighted by atomic mass is 9.85. The first-order valence-corrected chi connectivity index (χ1v) is 6.36. The van der Waals surface area contributed by atoms with E-state index in [4.69, 9.17) is 5.11 Å². The van der Waals surface area contributed by atoms with E-state index in [1.165, 1.54) is 0 Å². The van der Waals surface area contributed by atoms with Crippen LogP contribution >= 0.6 is 0 Å². The second-order valence-electron chi connectivity index (χ2n) is 5.67. The van der Waals surface area contributed by atoms with Crippen molar-refractivity contribution in [1.82, 2.24) is 5.32 Å². The van der Waals surface area contributed by atoms with Crippen LogP contribution in [0.4, 0.5) is 0 Å². The molecule has 17 heavy (non-hydrogen) atoms. The number of carbonyl (C=O) groups is 2. The number of amides is 1. The summed E-state index contributed by atoms with van der Waals surface area (Å²) in [6.07, 6.45) is 4.52. The number of carboxylic acids is 1. The molecule has 98 valence electrons. The van der Waals surface area contributed by atoms with Crippen LogP contribution in [0.2, 0.25) is 0 Å². The summed E-state index contributed by atoms with van der Waals surface area (Å²) >= 11 is 0. The SMILES string of the molecule is CCC(C)(CNC(=O)C1(C)CCCC1)C(=O)O. The van der Waals surface area contributed by atoms with Gasteiger partial charge in [0.25, 0.3) is 0 Å². The molecule has 0 spiro atoms. The van der Waals surface area contributed by atoms with E-state index < -0.39 is 11.4 Å². The van der Waals surface area contributed by atoms with Gasteiger partial charge in [-0.3, -0.25) is 9.59 Å². The highest BCUT2D eigenvalue weighted by molar-refractivity contribution is 5.83. The predicted octanol–water partition coefficient (Wildman–Crippen LogP) is 2.18. The molecule has 1 aliphatic rings. The van der Waals surface area contributed by atoms with Gasteiger partial charge in [-0.15, -0.1) is 0 Å². The first-order chi connectivity index (χ1) is 7.84. The van der Waals surface area contributed by atoms with Crippen molar-refractivity contribution in [2.24, 2.45) is 10.8 Å². The Morgan fingerprint density at radius 3 is 2.29 bits per heavy atom. The Bertz CT molecular complexity index is 308. The van der Waals surface area contributed by atoms with Crippen LogP contribution < -0.4 is 5.32 Å². The van der Waals surface area contributed by atoms with Crippen molar-refractivity contribution >= 4 is 11.9 Å². The summed E-state index contributed by atoms with van der Waals surface area (Å²) in [5, 5.41) is 11.9. The molecule has 2 N–H and O–H groups in total. The first kappa shape index (κ1) is 14.0. The van der Waals surface area contributed by atoms with Crippen LogP contribution in [0.25, 0.3) is 0 Å². The first-order valence-electron chi connectivity index (χ1n) is 6.36. The topological polar surface area (TPSA) is 66.4 Å². The molecule has 0 aromatic carbocycles. The predicted molar refractivity (Wildman–Crippen MR) is 65.6 cm³/mol. The number of carbonyl (C=O) groups excluding carboxylic acids is 1. The van der Waals surface area contributed by atoms with Gasteiger partial charge in [0, 0.05) is 12.0 Å². The molecule has 1 rings (SSSR count). The van der Waals surface area contributed by atoms with Crippen LogP contribution in [0.5, 0.6) is 0 Å². The molecular weight excluding hydrogens is 218 g/mol. The smallest absolute Gasteiger partial charge is 0.311 e. The van der Waals surface area contributed by atoms with E-state index in [1.54, 1.807) is 6.92 Å². The molecule has 0 saturated heterocycles. The van der Waals surface area contributed by atoms with E-state index >= 15 is 0 Å². The summed E-state index contributed by atoms with van der Waals surface area (Å²) in [5.41, 5.74) is -1.14. The minimum absolute atomic E-state index is 0.0101. The lowest BCUT2D eigenvalue weighted by Crippen LogP contribution is -2.45. The average Bonchev–Trinajstić information content (AvgIpc) is 2.73. The maximum Gasteiger partial charge on any atom is 0.311 e. The minimum Gasteiger partial charge on any atom is -0.481 e. The molecule has 0 aliphatic heterocycles. The van der Waals surface area contributed by atoms with Crippen molar-refractivity contribution in [3.8, 4) is 0 Å². The van der Waals surface area contributed by atoms with E-state index in [0.29, 0.717) is 6.42 Å². The second-order valence-corrected chi connectivity index (χ2v) is 5.67. The van der Waals surface area contributed by atoms with Gasteiger partial charge < -0.3 is 10.4 Å². The van der Waals surface area contributed by atoms with Crippen molar-refractivity contribution in [1.29, 1.82) is 0 Å².